The van der Waals surface area contributed by atoms with Crippen LogP contribution in [0.4, 0.5) is 5.69 Å². The van der Waals surface area contributed by atoms with Crippen molar-refractivity contribution in [3.05, 3.63) is 45.6 Å². The molecule has 2 saturated heterocycles. The lowest BCUT2D eigenvalue weighted by molar-refractivity contribution is -0.228. The molecule has 2 aromatic rings. The van der Waals surface area contributed by atoms with Crippen molar-refractivity contribution in [1.29, 1.82) is 0 Å². The Labute approximate surface area is 163 Å². The fraction of sp³-hybridized carbons (Fsp3) is 0.524. The van der Waals surface area contributed by atoms with Gasteiger partial charge in [0.2, 0.25) is 0 Å². The lowest BCUT2D eigenvalue weighted by Gasteiger charge is -2.53. The molecule has 0 bridgehead atoms. The van der Waals surface area contributed by atoms with Crippen molar-refractivity contribution in [2.24, 2.45) is 7.05 Å². The summed E-state index contributed by atoms with van der Waals surface area (Å²) in [4.78, 5) is 17.5. The van der Waals surface area contributed by atoms with Gasteiger partial charge in [0.15, 0.2) is 0 Å². The maximum Gasteiger partial charge on any atom is 0.271 e. The van der Waals surface area contributed by atoms with Crippen molar-refractivity contribution in [3.8, 4) is 11.8 Å². The second-order valence-electron chi connectivity index (χ2n) is 8.00. The number of ether oxygens (including phenoxy) is 2. The van der Waals surface area contributed by atoms with Crippen LogP contribution in [0.1, 0.15) is 42.5 Å². The zero-order valence-corrected chi connectivity index (χ0v) is 16.2. The Morgan fingerprint density at radius 2 is 2.14 bits per heavy atom. The molecule has 2 aliphatic heterocycles. The Bertz CT molecular complexity index is 1020. The van der Waals surface area contributed by atoms with Crippen LogP contribution < -0.4 is 10.5 Å². The first-order valence-electron chi connectivity index (χ1n) is 9.82. The molecule has 7 nitrogen and oxygen atoms in total. The van der Waals surface area contributed by atoms with Gasteiger partial charge in [-0.25, -0.2) is 0 Å². The van der Waals surface area contributed by atoms with E-state index in [9.17, 15) is 4.79 Å². The highest BCUT2D eigenvalue weighted by Gasteiger charge is 2.50. The molecule has 4 heterocycles. The molecule has 1 N–H and O–H groups in total. The monoisotopic (exact) mass is 380 g/mol. The maximum absolute atomic E-state index is 12.5. The summed E-state index contributed by atoms with van der Waals surface area (Å²) in [6.07, 6.45) is 6.03. The molecule has 1 unspecified atom stereocenters. The number of anilines is 1. The predicted octanol–water partition coefficient (Wildman–Crippen LogP) is 1.38. The molecule has 1 aliphatic carbocycles. The Morgan fingerprint density at radius 1 is 1.32 bits per heavy atom. The van der Waals surface area contributed by atoms with Crippen molar-refractivity contribution < 1.29 is 9.47 Å². The third-order valence-electron chi connectivity index (χ3n) is 6.00. The van der Waals surface area contributed by atoms with Gasteiger partial charge >= 0.3 is 0 Å². The van der Waals surface area contributed by atoms with Crippen LogP contribution in [0.5, 0.6) is 0 Å². The summed E-state index contributed by atoms with van der Waals surface area (Å²) < 4.78 is 13.2. The minimum atomic E-state index is -0.304. The second-order valence-corrected chi connectivity index (χ2v) is 8.00. The largest absolute Gasteiger partial charge is 0.375 e. The number of aryl methyl sites for hydroxylation is 1. The number of hydrogen-bond donors (Lipinski definition) is 1. The van der Waals surface area contributed by atoms with Gasteiger partial charge in [-0.2, -0.15) is 5.10 Å². The van der Waals surface area contributed by atoms with Gasteiger partial charge in [-0.05, 0) is 25.8 Å². The normalized spacial score (nSPS) is 23.2. The van der Waals surface area contributed by atoms with E-state index in [2.05, 4.69) is 33.7 Å². The standard InChI is InChI=1S/C21H24N4O3/c1-14-21(12-27-13-21)28-8-7-25(14)18-9-15(10-22-20(18)26)3-4-17-11-24(2)23-19(17)16-5-6-16/h9-11,14,16H,5-8,12-13H2,1-2H3,(H,22,26). The molecular formula is C21H24N4O3. The van der Waals surface area contributed by atoms with Crippen LogP contribution in [0.3, 0.4) is 0 Å². The molecule has 28 heavy (non-hydrogen) atoms. The Morgan fingerprint density at radius 3 is 2.86 bits per heavy atom. The van der Waals surface area contributed by atoms with Crippen LogP contribution in [0.15, 0.2) is 23.3 Å². The number of pyridine rings is 1. The SMILES string of the molecule is CC1N(c2cc(C#Cc3cn(C)nc3C3CC3)c[nH]c2=O)CCOC12COC2. The summed E-state index contributed by atoms with van der Waals surface area (Å²) in [5.74, 6) is 7.01. The van der Waals surface area contributed by atoms with Gasteiger partial charge < -0.3 is 19.4 Å². The Kier molecular flexibility index (Phi) is 4.07. The van der Waals surface area contributed by atoms with Gasteiger partial charge in [0.1, 0.15) is 11.3 Å². The van der Waals surface area contributed by atoms with Crippen LogP contribution in [0, 0.1) is 11.8 Å². The molecule has 5 rings (SSSR count). The minimum absolute atomic E-state index is 0.0686. The first-order valence-corrected chi connectivity index (χ1v) is 9.82. The van der Waals surface area contributed by atoms with E-state index >= 15 is 0 Å². The number of hydrogen-bond acceptors (Lipinski definition) is 5. The average Bonchev–Trinajstić information content (AvgIpc) is 3.43. The van der Waals surface area contributed by atoms with E-state index in [0.717, 1.165) is 16.8 Å². The first-order chi connectivity index (χ1) is 13.6. The van der Waals surface area contributed by atoms with Crippen molar-refractivity contribution in [1.82, 2.24) is 14.8 Å². The van der Waals surface area contributed by atoms with Crippen LogP contribution >= 0.6 is 0 Å². The molecule has 0 radical (unpaired) electrons. The van der Waals surface area contributed by atoms with Gasteiger partial charge in [-0.3, -0.25) is 9.48 Å². The molecular weight excluding hydrogens is 356 g/mol. The second kappa shape index (κ2) is 6.50. The highest BCUT2D eigenvalue weighted by Crippen LogP contribution is 2.40. The van der Waals surface area contributed by atoms with Crippen molar-refractivity contribution >= 4 is 5.69 Å². The van der Waals surface area contributed by atoms with Crippen LogP contribution in [0.2, 0.25) is 0 Å². The van der Waals surface area contributed by atoms with E-state index in [-0.39, 0.29) is 17.2 Å². The lowest BCUT2D eigenvalue weighted by atomic mass is 9.90. The lowest BCUT2D eigenvalue weighted by Crippen LogP contribution is -2.68. The molecule has 1 spiro atoms. The summed E-state index contributed by atoms with van der Waals surface area (Å²) in [6, 6.07) is 1.95. The molecule has 0 amide bonds. The van der Waals surface area contributed by atoms with Gasteiger partial charge in [0.25, 0.3) is 5.56 Å². The Balaban J connectivity index is 1.45. The van der Waals surface area contributed by atoms with E-state index in [1.807, 2.05) is 24.0 Å². The predicted molar refractivity (Wildman–Crippen MR) is 105 cm³/mol. The van der Waals surface area contributed by atoms with E-state index in [1.54, 1.807) is 6.20 Å². The van der Waals surface area contributed by atoms with E-state index < -0.39 is 0 Å². The summed E-state index contributed by atoms with van der Waals surface area (Å²) in [7, 11) is 1.93. The van der Waals surface area contributed by atoms with Gasteiger partial charge in [0, 0.05) is 37.5 Å². The van der Waals surface area contributed by atoms with E-state index in [1.165, 1.54) is 12.8 Å². The average molecular weight is 380 g/mol. The zero-order valence-electron chi connectivity index (χ0n) is 16.2. The maximum atomic E-state index is 12.5. The molecule has 0 aromatic carbocycles. The van der Waals surface area contributed by atoms with Crippen LogP contribution in [0.25, 0.3) is 0 Å². The van der Waals surface area contributed by atoms with E-state index in [4.69, 9.17) is 9.47 Å². The van der Waals surface area contributed by atoms with Crippen molar-refractivity contribution in [2.45, 2.75) is 37.3 Å². The van der Waals surface area contributed by atoms with Gasteiger partial charge in [0.05, 0.1) is 37.1 Å². The molecule has 1 atom stereocenters. The number of H-pyrrole nitrogens is 1. The number of aromatic nitrogens is 3. The van der Waals surface area contributed by atoms with Gasteiger partial charge in [-0.15, -0.1) is 0 Å². The molecule has 2 aromatic heterocycles. The summed E-state index contributed by atoms with van der Waals surface area (Å²) in [5, 5.41) is 4.55. The van der Waals surface area contributed by atoms with Gasteiger partial charge in [-0.1, -0.05) is 11.8 Å². The number of aromatic amines is 1. The third kappa shape index (κ3) is 2.93. The highest BCUT2D eigenvalue weighted by molar-refractivity contribution is 5.53. The zero-order chi connectivity index (χ0) is 19.3. The first kappa shape index (κ1) is 17.5. The van der Waals surface area contributed by atoms with E-state index in [0.29, 0.717) is 38.0 Å². The molecule has 3 fully saturated rings. The summed E-state index contributed by atoms with van der Waals surface area (Å²) in [6.45, 7) is 4.51. The van der Waals surface area contributed by atoms with Crippen LogP contribution in [-0.2, 0) is 16.5 Å². The smallest absolute Gasteiger partial charge is 0.271 e. The highest BCUT2D eigenvalue weighted by atomic mass is 16.6. The number of nitrogens with one attached hydrogen (secondary N) is 1. The number of morpholine rings is 1. The minimum Gasteiger partial charge on any atom is -0.375 e. The number of nitrogens with zero attached hydrogens (tertiary/aromatic N) is 3. The number of rotatable bonds is 2. The van der Waals surface area contributed by atoms with Crippen molar-refractivity contribution in [2.75, 3.05) is 31.3 Å². The Hall–Kier alpha value is -2.56. The molecule has 146 valence electrons. The molecule has 1 saturated carbocycles. The topological polar surface area (TPSA) is 72.4 Å². The fourth-order valence-corrected chi connectivity index (χ4v) is 4.06. The third-order valence-corrected chi connectivity index (χ3v) is 6.00. The summed E-state index contributed by atoms with van der Waals surface area (Å²) >= 11 is 0. The fourth-order valence-electron chi connectivity index (χ4n) is 4.06. The quantitative estimate of drug-likeness (QED) is 0.797. The molecule has 3 aliphatic rings. The van der Waals surface area contributed by atoms with Crippen molar-refractivity contribution in [3.63, 3.8) is 0 Å². The van der Waals surface area contributed by atoms with Crippen LogP contribution in [-0.4, -0.2) is 52.8 Å². The molecule has 7 heteroatoms. The summed E-state index contributed by atoms with van der Waals surface area (Å²) in [5.41, 5.74) is 3.09.